The topological polar surface area (TPSA) is 68.4 Å². The SMILES string of the molecule is COc1c(C)cc(-c2ccc[nH]c2=O)cc1C1=CC2CC=C(C)C=C2C(=O)O1. The summed E-state index contributed by atoms with van der Waals surface area (Å²) in [6.07, 6.45) is 8.32. The van der Waals surface area contributed by atoms with Crippen LogP contribution in [0.1, 0.15) is 24.5 Å². The number of carbonyl (C=O) groups excluding carboxylic acids is 1. The van der Waals surface area contributed by atoms with Gasteiger partial charge < -0.3 is 14.5 Å². The normalized spacial score (nSPS) is 18.5. The molecule has 5 nitrogen and oxygen atoms in total. The van der Waals surface area contributed by atoms with E-state index in [1.54, 1.807) is 25.4 Å². The summed E-state index contributed by atoms with van der Waals surface area (Å²) in [7, 11) is 1.59. The number of cyclic esters (lactones) is 1. The Bertz CT molecular complexity index is 1120. The van der Waals surface area contributed by atoms with Gasteiger partial charge in [-0.25, -0.2) is 4.79 Å². The van der Waals surface area contributed by atoms with Crippen LogP contribution < -0.4 is 10.3 Å². The molecule has 1 atom stereocenters. The number of aromatic nitrogens is 1. The first-order valence-corrected chi connectivity index (χ1v) is 9.17. The highest BCUT2D eigenvalue weighted by Crippen LogP contribution is 2.40. The fraction of sp³-hybridized carbons (Fsp3) is 0.217. The predicted octanol–water partition coefficient (Wildman–Crippen LogP) is 4.15. The Morgan fingerprint density at radius 2 is 2.00 bits per heavy atom. The van der Waals surface area contributed by atoms with Gasteiger partial charge in [0.05, 0.1) is 12.7 Å². The minimum absolute atomic E-state index is 0.0197. The van der Waals surface area contributed by atoms with Gasteiger partial charge in [0.15, 0.2) is 0 Å². The number of rotatable bonds is 3. The molecule has 1 aromatic heterocycles. The summed E-state index contributed by atoms with van der Waals surface area (Å²) in [6.45, 7) is 3.88. The number of ether oxygens (including phenoxy) is 2. The molecule has 1 unspecified atom stereocenters. The van der Waals surface area contributed by atoms with Crippen molar-refractivity contribution in [2.45, 2.75) is 20.3 Å². The largest absolute Gasteiger partial charge is 0.496 e. The van der Waals surface area contributed by atoms with Crippen LogP contribution in [0.4, 0.5) is 0 Å². The maximum absolute atomic E-state index is 12.6. The highest BCUT2D eigenvalue weighted by atomic mass is 16.5. The van der Waals surface area contributed by atoms with Crippen molar-refractivity contribution in [1.82, 2.24) is 4.98 Å². The molecule has 28 heavy (non-hydrogen) atoms. The van der Waals surface area contributed by atoms with Gasteiger partial charge in [-0.1, -0.05) is 11.6 Å². The maximum atomic E-state index is 12.6. The highest BCUT2D eigenvalue weighted by Gasteiger charge is 2.31. The second-order valence-electron chi connectivity index (χ2n) is 7.10. The Morgan fingerprint density at radius 1 is 1.18 bits per heavy atom. The monoisotopic (exact) mass is 375 g/mol. The number of pyridine rings is 1. The molecule has 2 heterocycles. The third-order valence-electron chi connectivity index (χ3n) is 5.14. The number of methoxy groups -OCH3 is 1. The van der Waals surface area contributed by atoms with Gasteiger partial charge in [-0.3, -0.25) is 4.79 Å². The second-order valence-corrected chi connectivity index (χ2v) is 7.10. The van der Waals surface area contributed by atoms with Crippen LogP contribution in [-0.2, 0) is 9.53 Å². The summed E-state index contributed by atoms with van der Waals surface area (Å²) in [6, 6.07) is 7.29. The van der Waals surface area contributed by atoms with E-state index < -0.39 is 0 Å². The molecule has 0 saturated heterocycles. The summed E-state index contributed by atoms with van der Waals surface area (Å²) in [5.74, 6) is 0.741. The number of hydrogen-bond donors (Lipinski definition) is 1. The fourth-order valence-electron chi connectivity index (χ4n) is 3.77. The number of fused-ring (bicyclic) bond motifs is 1. The van der Waals surface area contributed by atoms with E-state index in [2.05, 4.69) is 11.1 Å². The maximum Gasteiger partial charge on any atom is 0.340 e. The van der Waals surface area contributed by atoms with Crippen molar-refractivity contribution >= 4 is 11.7 Å². The van der Waals surface area contributed by atoms with E-state index in [1.165, 1.54) is 0 Å². The summed E-state index contributed by atoms with van der Waals surface area (Å²) < 4.78 is 11.3. The van der Waals surface area contributed by atoms with Crippen molar-refractivity contribution in [2.75, 3.05) is 7.11 Å². The zero-order valence-corrected chi connectivity index (χ0v) is 16.0. The van der Waals surface area contributed by atoms with Gasteiger partial charge in [-0.2, -0.15) is 0 Å². The third kappa shape index (κ3) is 3.09. The standard InChI is InChI=1S/C23H21NO4/c1-13-6-7-15-12-20(28-23(26)18(15)9-13)19-11-16(10-14(2)21(19)27-3)17-5-4-8-24-22(17)25/h4-6,8-12,15H,7H2,1-3H3,(H,24,25). The number of allylic oxidation sites excluding steroid dienone is 4. The molecule has 4 rings (SSSR count). The number of carbonyl (C=O) groups is 1. The molecule has 142 valence electrons. The summed E-state index contributed by atoms with van der Waals surface area (Å²) >= 11 is 0. The Hall–Kier alpha value is -3.34. The molecule has 2 aromatic rings. The van der Waals surface area contributed by atoms with Gasteiger partial charge in [0.2, 0.25) is 0 Å². The van der Waals surface area contributed by atoms with Crippen molar-refractivity contribution in [3.8, 4) is 16.9 Å². The Labute approximate surface area is 163 Å². The molecule has 1 aliphatic carbocycles. The van der Waals surface area contributed by atoms with Crippen molar-refractivity contribution in [3.63, 3.8) is 0 Å². The molecule has 0 spiro atoms. The van der Waals surface area contributed by atoms with Gasteiger partial charge in [0, 0.05) is 23.3 Å². The van der Waals surface area contributed by atoms with Gasteiger partial charge in [0.1, 0.15) is 11.5 Å². The first kappa shape index (κ1) is 18.0. The smallest absolute Gasteiger partial charge is 0.340 e. The Kier molecular flexibility index (Phi) is 4.51. The first-order valence-electron chi connectivity index (χ1n) is 9.17. The van der Waals surface area contributed by atoms with Crippen molar-refractivity contribution in [2.24, 2.45) is 5.92 Å². The van der Waals surface area contributed by atoms with Crippen LogP contribution in [0.5, 0.6) is 5.75 Å². The molecule has 5 heteroatoms. The average molecular weight is 375 g/mol. The third-order valence-corrected chi connectivity index (χ3v) is 5.14. The zero-order valence-electron chi connectivity index (χ0n) is 16.0. The zero-order chi connectivity index (χ0) is 19.8. The summed E-state index contributed by atoms with van der Waals surface area (Å²) in [4.78, 5) is 27.5. The molecule has 0 fully saturated rings. The van der Waals surface area contributed by atoms with Gasteiger partial charge in [0.25, 0.3) is 5.56 Å². The molecule has 1 N–H and O–H groups in total. The summed E-state index contributed by atoms with van der Waals surface area (Å²) in [5, 5.41) is 0. The summed E-state index contributed by atoms with van der Waals surface area (Å²) in [5.41, 5.74) is 4.39. The van der Waals surface area contributed by atoms with Crippen molar-refractivity contribution in [1.29, 1.82) is 0 Å². The number of benzene rings is 1. The molecule has 0 saturated carbocycles. The number of aromatic amines is 1. The fourth-order valence-corrected chi connectivity index (χ4v) is 3.77. The lowest BCUT2D eigenvalue weighted by atomic mass is 9.86. The van der Waals surface area contributed by atoms with E-state index >= 15 is 0 Å². The molecule has 0 amide bonds. The van der Waals surface area contributed by atoms with Crippen LogP contribution in [0.25, 0.3) is 16.9 Å². The van der Waals surface area contributed by atoms with Crippen LogP contribution >= 0.6 is 0 Å². The number of esters is 1. The first-order chi connectivity index (χ1) is 13.5. The lowest BCUT2D eigenvalue weighted by Gasteiger charge is -2.26. The highest BCUT2D eigenvalue weighted by molar-refractivity contribution is 5.97. The van der Waals surface area contributed by atoms with Crippen LogP contribution in [0.3, 0.4) is 0 Å². The molecule has 1 aromatic carbocycles. The molecule has 0 radical (unpaired) electrons. The van der Waals surface area contributed by atoms with E-state index in [-0.39, 0.29) is 17.4 Å². The van der Waals surface area contributed by atoms with Gasteiger partial charge >= 0.3 is 5.97 Å². The van der Waals surface area contributed by atoms with Gasteiger partial charge in [-0.05, 0) is 67.8 Å². The minimum Gasteiger partial charge on any atom is -0.496 e. The van der Waals surface area contributed by atoms with Crippen LogP contribution in [0.15, 0.2) is 64.6 Å². The van der Waals surface area contributed by atoms with Crippen LogP contribution in [-0.4, -0.2) is 18.1 Å². The lowest BCUT2D eigenvalue weighted by molar-refractivity contribution is -0.133. The molecular formula is C23H21NO4. The Balaban J connectivity index is 1.86. The Morgan fingerprint density at radius 3 is 2.75 bits per heavy atom. The lowest BCUT2D eigenvalue weighted by Crippen LogP contribution is -2.22. The van der Waals surface area contributed by atoms with Crippen molar-refractivity contribution < 1.29 is 14.3 Å². The molecule has 0 bridgehead atoms. The average Bonchev–Trinajstić information content (AvgIpc) is 2.68. The van der Waals surface area contributed by atoms with E-state index in [0.29, 0.717) is 28.2 Å². The molecule has 2 aliphatic rings. The molecule has 1 aliphatic heterocycles. The quantitative estimate of drug-likeness (QED) is 0.819. The van der Waals surface area contributed by atoms with E-state index in [9.17, 15) is 9.59 Å². The van der Waals surface area contributed by atoms with Crippen LogP contribution in [0.2, 0.25) is 0 Å². The minimum atomic E-state index is -0.336. The predicted molar refractivity (Wildman–Crippen MR) is 108 cm³/mol. The van der Waals surface area contributed by atoms with E-state index in [4.69, 9.17) is 9.47 Å². The second kappa shape index (κ2) is 7.00. The number of nitrogens with one attached hydrogen (secondary N) is 1. The number of hydrogen-bond acceptors (Lipinski definition) is 4. The van der Waals surface area contributed by atoms with E-state index in [0.717, 1.165) is 23.1 Å². The number of H-pyrrole nitrogens is 1. The number of aryl methyl sites for hydroxylation is 1. The van der Waals surface area contributed by atoms with Crippen LogP contribution in [0, 0.1) is 12.8 Å². The molecular weight excluding hydrogens is 354 g/mol. The van der Waals surface area contributed by atoms with Crippen molar-refractivity contribution in [3.05, 3.63) is 81.3 Å². The van der Waals surface area contributed by atoms with Gasteiger partial charge in [-0.15, -0.1) is 0 Å². The van der Waals surface area contributed by atoms with E-state index in [1.807, 2.05) is 38.1 Å².